The maximum Gasteiger partial charge on any atom is 0.410 e. The number of carbonyl (C=O) groups excluding carboxylic acids is 4. The summed E-state index contributed by atoms with van der Waals surface area (Å²) in [5.41, 5.74) is 1.06. The van der Waals surface area contributed by atoms with Crippen LogP contribution in [0.25, 0.3) is 0 Å². The lowest BCUT2D eigenvalue weighted by molar-refractivity contribution is -0.118. The van der Waals surface area contributed by atoms with Crippen LogP contribution in [-0.4, -0.2) is 53.8 Å². The molecule has 1 aliphatic heterocycles. The number of methoxy groups -OCH3 is 1. The fourth-order valence-electron chi connectivity index (χ4n) is 3.95. The van der Waals surface area contributed by atoms with Crippen LogP contribution in [0.1, 0.15) is 68.8 Å². The van der Waals surface area contributed by atoms with E-state index in [2.05, 4.69) is 10.6 Å². The highest BCUT2D eigenvalue weighted by atomic mass is 32.2. The summed E-state index contributed by atoms with van der Waals surface area (Å²) in [4.78, 5) is 53.6. The van der Waals surface area contributed by atoms with Gasteiger partial charge in [0.15, 0.2) is 0 Å². The number of thioether (sulfide) groups is 1. The molecule has 9 nitrogen and oxygen atoms in total. The predicted octanol–water partition coefficient (Wildman–Crippen LogP) is 5.93. The van der Waals surface area contributed by atoms with E-state index in [9.17, 15) is 19.2 Å². The number of carbonyl (C=O) groups is 4. The monoisotopic (exact) mass is 575 g/mol. The van der Waals surface area contributed by atoms with Crippen molar-refractivity contribution in [2.75, 3.05) is 30.0 Å². The number of nitrogens with zero attached hydrogens (tertiary/aromatic N) is 1. The van der Waals surface area contributed by atoms with Crippen LogP contribution in [-0.2, 0) is 32.0 Å². The average molecular weight is 576 g/mol. The summed E-state index contributed by atoms with van der Waals surface area (Å²) in [6.45, 7) is 12.1. The second-order valence-corrected chi connectivity index (χ2v) is 13.7. The molecule has 11 heteroatoms. The Kier molecular flexibility index (Phi) is 9.71. The van der Waals surface area contributed by atoms with Crippen LogP contribution < -0.4 is 10.6 Å². The summed E-state index contributed by atoms with van der Waals surface area (Å²) in [6, 6.07) is 7.33. The van der Waals surface area contributed by atoms with Crippen molar-refractivity contribution in [3.63, 3.8) is 0 Å². The van der Waals surface area contributed by atoms with Crippen LogP contribution in [0.15, 0.2) is 29.2 Å². The first-order valence-corrected chi connectivity index (χ1v) is 14.5. The van der Waals surface area contributed by atoms with Crippen molar-refractivity contribution >= 4 is 57.7 Å². The van der Waals surface area contributed by atoms with Crippen molar-refractivity contribution in [2.24, 2.45) is 5.41 Å². The molecular weight excluding hydrogens is 538 g/mol. The zero-order chi connectivity index (χ0) is 29.0. The largest absolute Gasteiger partial charge is 0.465 e. The molecule has 0 radical (unpaired) electrons. The first kappa shape index (κ1) is 30.5. The summed E-state index contributed by atoms with van der Waals surface area (Å²) in [7, 11) is 1.30. The van der Waals surface area contributed by atoms with Gasteiger partial charge in [0.05, 0.1) is 25.0 Å². The lowest BCUT2D eigenvalue weighted by Gasteiger charge is -2.30. The molecule has 0 fully saturated rings. The van der Waals surface area contributed by atoms with Crippen LogP contribution in [0.5, 0.6) is 0 Å². The van der Waals surface area contributed by atoms with Crippen molar-refractivity contribution in [3.05, 3.63) is 40.3 Å². The quantitative estimate of drug-likeness (QED) is 0.311. The van der Waals surface area contributed by atoms with E-state index in [4.69, 9.17) is 9.47 Å². The first-order valence-electron chi connectivity index (χ1n) is 12.7. The molecule has 0 unspecified atom stereocenters. The third-order valence-electron chi connectivity index (χ3n) is 5.53. The van der Waals surface area contributed by atoms with Crippen molar-refractivity contribution in [1.82, 2.24) is 4.90 Å². The van der Waals surface area contributed by atoms with E-state index in [1.165, 1.54) is 30.2 Å². The molecule has 1 aliphatic rings. The summed E-state index contributed by atoms with van der Waals surface area (Å²) >= 11 is 2.59. The second-order valence-electron chi connectivity index (χ2n) is 11.5. The van der Waals surface area contributed by atoms with Crippen molar-refractivity contribution in [2.45, 2.75) is 71.4 Å². The number of amides is 3. The van der Waals surface area contributed by atoms with Crippen molar-refractivity contribution < 1.29 is 28.7 Å². The molecular formula is C28H37N3O6S2. The van der Waals surface area contributed by atoms with Gasteiger partial charge >= 0.3 is 12.1 Å². The summed E-state index contributed by atoms with van der Waals surface area (Å²) in [5, 5.41) is 6.18. The zero-order valence-corrected chi connectivity index (χ0v) is 25.2. The number of esters is 1. The molecule has 1 aromatic heterocycles. The van der Waals surface area contributed by atoms with Crippen LogP contribution >= 0.6 is 23.1 Å². The molecule has 3 amide bonds. The SMILES string of the molecule is COC(=O)c1c(NC(=O)CSc2cccc(NC(=O)CC(C)(C)C)c2)sc2c1CCN(C(=O)OC(C)(C)C)C2. The first-order chi connectivity index (χ1) is 18.1. The molecule has 0 aliphatic carbocycles. The summed E-state index contributed by atoms with van der Waals surface area (Å²) in [5.74, 6) is -0.772. The van der Waals surface area contributed by atoms with Crippen molar-refractivity contribution in [1.29, 1.82) is 0 Å². The number of fused-ring (bicyclic) bond motifs is 1. The molecule has 2 N–H and O–H groups in total. The molecule has 2 aromatic rings. The lowest BCUT2D eigenvalue weighted by Crippen LogP contribution is -2.39. The van der Waals surface area contributed by atoms with Gasteiger partial charge in [-0.05, 0) is 56.4 Å². The predicted molar refractivity (Wildman–Crippen MR) is 155 cm³/mol. The van der Waals surface area contributed by atoms with E-state index in [-0.39, 0.29) is 29.5 Å². The maximum absolute atomic E-state index is 12.9. The standard InChI is InChI=1S/C28H37N3O6S2/c1-27(2,3)14-21(32)29-17-9-8-10-18(13-17)38-16-22(33)30-24-23(25(34)36-7)19-11-12-31(15-20(19)39-24)26(35)37-28(4,5)6/h8-10,13H,11-12,14-16H2,1-7H3,(H,29,32)(H,30,33). The smallest absolute Gasteiger partial charge is 0.410 e. The Morgan fingerprint density at radius 1 is 1.05 bits per heavy atom. The normalized spacial score (nSPS) is 13.4. The molecule has 0 spiro atoms. The minimum atomic E-state index is -0.613. The van der Waals surface area contributed by atoms with Crippen LogP contribution in [0.2, 0.25) is 0 Å². The number of nitrogens with one attached hydrogen (secondary N) is 2. The van der Waals surface area contributed by atoms with Crippen LogP contribution in [0.3, 0.4) is 0 Å². The van der Waals surface area contributed by atoms with Gasteiger partial charge in [-0.1, -0.05) is 26.8 Å². The molecule has 2 heterocycles. The summed E-state index contributed by atoms with van der Waals surface area (Å²) in [6.07, 6.45) is 0.434. The third-order valence-corrected chi connectivity index (χ3v) is 7.66. The topological polar surface area (TPSA) is 114 Å². The van der Waals surface area contributed by atoms with Gasteiger partial charge in [-0.15, -0.1) is 23.1 Å². The van der Waals surface area contributed by atoms with Crippen LogP contribution in [0.4, 0.5) is 15.5 Å². The molecule has 1 aromatic carbocycles. The lowest BCUT2D eigenvalue weighted by atomic mass is 9.92. The Morgan fingerprint density at radius 3 is 2.41 bits per heavy atom. The number of thiophene rings is 1. The highest BCUT2D eigenvalue weighted by molar-refractivity contribution is 8.00. The number of ether oxygens (including phenoxy) is 2. The van der Waals surface area contributed by atoms with E-state index in [1.807, 2.05) is 65.8 Å². The average Bonchev–Trinajstić information content (AvgIpc) is 3.17. The Labute approximate surface area is 238 Å². The van der Waals surface area contributed by atoms with Gasteiger partial charge in [-0.3, -0.25) is 9.59 Å². The summed E-state index contributed by atoms with van der Waals surface area (Å²) < 4.78 is 10.5. The Bertz CT molecular complexity index is 1240. The molecule has 0 saturated carbocycles. The number of hydrogen-bond acceptors (Lipinski definition) is 8. The van der Waals surface area contributed by atoms with Gasteiger partial charge in [0.1, 0.15) is 10.6 Å². The fraction of sp³-hybridized carbons (Fsp3) is 0.500. The molecule has 3 rings (SSSR count). The molecule has 0 bridgehead atoms. The highest BCUT2D eigenvalue weighted by Gasteiger charge is 2.32. The number of rotatable bonds is 7. The second kappa shape index (κ2) is 12.4. The minimum absolute atomic E-state index is 0.0652. The van der Waals surface area contributed by atoms with Gasteiger partial charge in [0.25, 0.3) is 0 Å². The van der Waals surface area contributed by atoms with Gasteiger partial charge < -0.3 is 25.0 Å². The molecule has 0 saturated heterocycles. The highest BCUT2D eigenvalue weighted by Crippen LogP contribution is 2.38. The van der Waals surface area contributed by atoms with Gasteiger partial charge in [-0.2, -0.15) is 0 Å². The van der Waals surface area contributed by atoms with E-state index in [0.717, 1.165) is 15.3 Å². The number of hydrogen-bond donors (Lipinski definition) is 2. The van der Waals surface area contributed by atoms with E-state index in [1.54, 1.807) is 4.90 Å². The van der Waals surface area contributed by atoms with Gasteiger partial charge in [0.2, 0.25) is 11.8 Å². The van der Waals surface area contributed by atoms with E-state index >= 15 is 0 Å². The molecule has 39 heavy (non-hydrogen) atoms. The van der Waals surface area contributed by atoms with E-state index in [0.29, 0.717) is 35.6 Å². The zero-order valence-electron chi connectivity index (χ0n) is 23.6. The number of benzene rings is 1. The van der Waals surface area contributed by atoms with E-state index < -0.39 is 17.7 Å². The maximum atomic E-state index is 12.9. The Hall–Kier alpha value is -3.05. The fourth-order valence-corrected chi connectivity index (χ4v) is 5.98. The molecule has 212 valence electrons. The third kappa shape index (κ3) is 8.99. The molecule has 0 atom stereocenters. The Morgan fingerprint density at radius 2 is 1.77 bits per heavy atom. The van der Waals surface area contributed by atoms with Crippen molar-refractivity contribution in [3.8, 4) is 0 Å². The van der Waals surface area contributed by atoms with Gasteiger partial charge in [0, 0.05) is 28.4 Å². The van der Waals surface area contributed by atoms with Crippen LogP contribution in [0, 0.1) is 5.41 Å². The number of anilines is 2. The Balaban J connectivity index is 1.67. The minimum Gasteiger partial charge on any atom is -0.465 e. The van der Waals surface area contributed by atoms with Gasteiger partial charge in [-0.25, -0.2) is 9.59 Å².